The zero-order chi connectivity index (χ0) is 8.43. The minimum Gasteiger partial charge on any atom is -0.389 e. The van der Waals surface area contributed by atoms with E-state index in [-0.39, 0.29) is 0 Å². The molecule has 0 fully saturated rings. The molecule has 1 atom stereocenters. The minimum absolute atomic E-state index is 0.469. The van der Waals surface area contributed by atoms with Crippen LogP contribution in [0.15, 0.2) is 12.1 Å². The van der Waals surface area contributed by atoms with Crippen LogP contribution in [0, 0.1) is 6.92 Å². The Morgan fingerprint density at radius 1 is 1.55 bits per heavy atom. The van der Waals surface area contributed by atoms with E-state index in [2.05, 4.69) is 4.98 Å². The van der Waals surface area contributed by atoms with Crippen LogP contribution in [0.1, 0.15) is 24.3 Å². The molecular weight excluding hydrogens is 140 g/mol. The van der Waals surface area contributed by atoms with Crippen molar-refractivity contribution in [2.24, 2.45) is 0 Å². The SMILES string of the molecule is Cc1nc(N)ccc1[C@@H](C)O. The second-order valence-corrected chi connectivity index (χ2v) is 2.59. The Labute approximate surface area is 65.9 Å². The van der Waals surface area contributed by atoms with Crippen molar-refractivity contribution in [2.45, 2.75) is 20.0 Å². The number of hydrogen-bond acceptors (Lipinski definition) is 3. The van der Waals surface area contributed by atoms with Crippen molar-refractivity contribution in [1.29, 1.82) is 0 Å². The third kappa shape index (κ3) is 1.68. The van der Waals surface area contributed by atoms with Gasteiger partial charge in [0, 0.05) is 11.3 Å². The first-order chi connectivity index (χ1) is 5.11. The fraction of sp³-hybridized carbons (Fsp3) is 0.375. The lowest BCUT2D eigenvalue weighted by atomic mass is 10.1. The van der Waals surface area contributed by atoms with E-state index in [9.17, 15) is 5.11 Å². The summed E-state index contributed by atoms with van der Waals surface area (Å²) >= 11 is 0. The molecule has 0 bridgehead atoms. The number of aromatic nitrogens is 1. The molecule has 3 nitrogen and oxygen atoms in total. The van der Waals surface area contributed by atoms with Crippen LogP contribution in [0.3, 0.4) is 0 Å². The summed E-state index contributed by atoms with van der Waals surface area (Å²) in [6.07, 6.45) is -0.469. The second kappa shape index (κ2) is 2.88. The number of nitrogens with two attached hydrogens (primary N) is 1. The summed E-state index contributed by atoms with van der Waals surface area (Å²) in [6, 6.07) is 3.48. The Morgan fingerprint density at radius 2 is 2.18 bits per heavy atom. The molecule has 1 aromatic heterocycles. The number of anilines is 1. The number of rotatable bonds is 1. The van der Waals surface area contributed by atoms with E-state index in [0.717, 1.165) is 11.3 Å². The van der Waals surface area contributed by atoms with Gasteiger partial charge < -0.3 is 10.8 Å². The molecule has 3 N–H and O–H groups in total. The molecule has 0 aromatic carbocycles. The van der Waals surface area contributed by atoms with Gasteiger partial charge in [-0.3, -0.25) is 0 Å². The number of aliphatic hydroxyl groups excluding tert-OH is 1. The van der Waals surface area contributed by atoms with Gasteiger partial charge in [0.05, 0.1) is 6.10 Å². The summed E-state index contributed by atoms with van der Waals surface area (Å²) in [6.45, 7) is 3.54. The Balaban J connectivity index is 3.09. The van der Waals surface area contributed by atoms with Crippen molar-refractivity contribution >= 4 is 5.82 Å². The van der Waals surface area contributed by atoms with Gasteiger partial charge in [-0.15, -0.1) is 0 Å². The molecule has 0 aliphatic heterocycles. The van der Waals surface area contributed by atoms with Crippen molar-refractivity contribution in [3.63, 3.8) is 0 Å². The van der Waals surface area contributed by atoms with Gasteiger partial charge in [0.2, 0.25) is 0 Å². The van der Waals surface area contributed by atoms with Crippen LogP contribution in [-0.4, -0.2) is 10.1 Å². The molecule has 60 valence electrons. The predicted molar refractivity (Wildman–Crippen MR) is 44.0 cm³/mol. The number of aryl methyl sites for hydroxylation is 1. The van der Waals surface area contributed by atoms with Gasteiger partial charge in [-0.25, -0.2) is 4.98 Å². The normalized spacial score (nSPS) is 13.0. The molecule has 0 spiro atoms. The van der Waals surface area contributed by atoms with E-state index in [1.54, 1.807) is 19.1 Å². The van der Waals surface area contributed by atoms with E-state index < -0.39 is 6.10 Å². The van der Waals surface area contributed by atoms with Gasteiger partial charge in [0.1, 0.15) is 5.82 Å². The maximum atomic E-state index is 9.21. The number of hydrogen-bond donors (Lipinski definition) is 2. The van der Waals surface area contributed by atoms with Crippen LogP contribution < -0.4 is 5.73 Å². The fourth-order valence-corrected chi connectivity index (χ4v) is 1.03. The Kier molecular flexibility index (Phi) is 2.10. The van der Waals surface area contributed by atoms with E-state index >= 15 is 0 Å². The molecule has 1 rings (SSSR count). The van der Waals surface area contributed by atoms with Crippen LogP contribution in [0.2, 0.25) is 0 Å². The Morgan fingerprint density at radius 3 is 2.64 bits per heavy atom. The second-order valence-electron chi connectivity index (χ2n) is 2.59. The fourth-order valence-electron chi connectivity index (χ4n) is 1.03. The van der Waals surface area contributed by atoms with E-state index in [1.165, 1.54) is 0 Å². The molecule has 3 heteroatoms. The van der Waals surface area contributed by atoms with Gasteiger partial charge in [-0.05, 0) is 19.9 Å². The Hall–Kier alpha value is -1.09. The first kappa shape index (κ1) is 8.01. The van der Waals surface area contributed by atoms with Gasteiger partial charge in [0.25, 0.3) is 0 Å². The molecule has 0 saturated carbocycles. The van der Waals surface area contributed by atoms with Crippen LogP contribution >= 0.6 is 0 Å². The smallest absolute Gasteiger partial charge is 0.123 e. The number of aliphatic hydroxyl groups is 1. The average molecular weight is 152 g/mol. The standard InChI is InChI=1S/C8H12N2O/c1-5-7(6(2)11)3-4-8(9)10-5/h3-4,6,11H,1-2H3,(H2,9,10)/t6-/m1/s1. The molecule has 11 heavy (non-hydrogen) atoms. The van der Waals surface area contributed by atoms with Crippen LogP contribution in [-0.2, 0) is 0 Å². The topological polar surface area (TPSA) is 59.1 Å². The lowest BCUT2D eigenvalue weighted by Gasteiger charge is -2.07. The first-order valence-electron chi connectivity index (χ1n) is 3.52. The van der Waals surface area contributed by atoms with Gasteiger partial charge in [-0.1, -0.05) is 6.07 Å². The first-order valence-corrected chi connectivity index (χ1v) is 3.52. The van der Waals surface area contributed by atoms with Crippen LogP contribution in [0.5, 0.6) is 0 Å². The summed E-state index contributed by atoms with van der Waals surface area (Å²) < 4.78 is 0. The monoisotopic (exact) mass is 152 g/mol. The van der Waals surface area contributed by atoms with Crippen molar-refractivity contribution < 1.29 is 5.11 Å². The van der Waals surface area contributed by atoms with Gasteiger partial charge in [0.15, 0.2) is 0 Å². The van der Waals surface area contributed by atoms with E-state index in [4.69, 9.17) is 5.73 Å². The predicted octanol–water partition coefficient (Wildman–Crippen LogP) is 1.03. The summed E-state index contributed by atoms with van der Waals surface area (Å²) in [4.78, 5) is 4.01. The average Bonchev–Trinajstić information content (AvgIpc) is 1.85. The van der Waals surface area contributed by atoms with E-state index in [1.807, 2.05) is 6.92 Å². The van der Waals surface area contributed by atoms with Crippen molar-refractivity contribution in [2.75, 3.05) is 5.73 Å². The third-order valence-corrected chi connectivity index (χ3v) is 1.60. The third-order valence-electron chi connectivity index (χ3n) is 1.60. The van der Waals surface area contributed by atoms with Crippen molar-refractivity contribution in [3.8, 4) is 0 Å². The summed E-state index contributed by atoms with van der Waals surface area (Å²) in [5, 5.41) is 9.21. The molecule has 1 heterocycles. The molecule has 1 aromatic rings. The lowest BCUT2D eigenvalue weighted by Crippen LogP contribution is -1.99. The van der Waals surface area contributed by atoms with Crippen LogP contribution in [0.4, 0.5) is 5.82 Å². The van der Waals surface area contributed by atoms with Gasteiger partial charge >= 0.3 is 0 Å². The maximum Gasteiger partial charge on any atom is 0.123 e. The highest BCUT2D eigenvalue weighted by atomic mass is 16.3. The quantitative estimate of drug-likeness (QED) is 0.631. The molecule has 0 radical (unpaired) electrons. The summed E-state index contributed by atoms with van der Waals surface area (Å²) in [5.74, 6) is 0.493. The zero-order valence-electron chi connectivity index (χ0n) is 6.70. The highest BCUT2D eigenvalue weighted by Gasteiger charge is 2.04. The Bertz CT molecular complexity index is 258. The molecule has 0 aliphatic carbocycles. The summed E-state index contributed by atoms with van der Waals surface area (Å²) in [5.41, 5.74) is 7.06. The largest absolute Gasteiger partial charge is 0.389 e. The van der Waals surface area contributed by atoms with Crippen molar-refractivity contribution in [3.05, 3.63) is 23.4 Å². The van der Waals surface area contributed by atoms with Crippen LogP contribution in [0.25, 0.3) is 0 Å². The maximum absolute atomic E-state index is 9.21. The highest BCUT2D eigenvalue weighted by molar-refractivity contribution is 5.34. The number of pyridine rings is 1. The zero-order valence-corrected chi connectivity index (χ0v) is 6.70. The number of nitrogens with zero attached hydrogens (tertiary/aromatic N) is 1. The highest BCUT2D eigenvalue weighted by Crippen LogP contribution is 2.15. The molecule has 0 aliphatic rings. The van der Waals surface area contributed by atoms with E-state index in [0.29, 0.717) is 5.82 Å². The molecule has 0 amide bonds. The van der Waals surface area contributed by atoms with Gasteiger partial charge in [-0.2, -0.15) is 0 Å². The summed E-state index contributed by atoms with van der Waals surface area (Å²) in [7, 11) is 0. The lowest BCUT2D eigenvalue weighted by molar-refractivity contribution is 0.198. The molecular formula is C8H12N2O. The number of nitrogen functional groups attached to an aromatic ring is 1. The molecule has 0 unspecified atom stereocenters. The van der Waals surface area contributed by atoms with Crippen molar-refractivity contribution in [1.82, 2.24) is 4.98 Å². The minimum atomic E-state index is -0.469. The molecule has 0 saturated heterocycles.